The molecular weight excluding hydrogens is 202 g/mol. The maximum absolute atomic E-state index is 5.95. The zero-order chi connectivity index (χ0) is 10.0. The Kier molecular flexibility index (Phi) is 3.77. The van der Waals surface area contributed by atoms with Gasteiger partial charge in [0.15, 0.2) is 0 Å². The first-order valence-electron chi connectivity index (χ1n) is 4.52. The van der Waals surface area contributed by atoms with Crippen molar-refractivity contribution < 1.29 is 0 Å². The number of hydrogen-bond donors (Lipinski definition) is 1. The minimum Gasteiger partial charge on any atom is -0.330 e. The standard InChI is InChI=1S/C10H16ClNS/c1-6(2)8(5-12)10-7(3)4-9(11)13-10/h4,6,8H,5,12H2,1-3H3. The molecule has 1 unspecified atom stereocenters. The molecule has 74 valence electrons. The third-order valence-corrected chi connectivity index (χ3v) is 3.82. The van der Waals surface area contributed by atoms with Crippen LogP contribution in [0.15, 0.2) is 6.07 Å². The molecule has 0 amide bonds. The molecule has 0 saturated heterocycles. The Hall–Kier alpha value is -0.0500. The van der Waals surface area contributed by atoms with E-state index in [-0.39, 0.29) is 0 Å². The Bertz CT molecular complexity index is 280. The molecule has 1 atom stereocenters. The molecule has 0 saturated carbocycles. The predicted octanol–water partition coefficient (Wildman–Crippen LogP) is 3.41. The van der Waals surface area contributed by atoms with Crippen LogP contribution >= 0.6 is 22.9 Å². The van der Waals surface area contributed by atoms with Crippen LogP contribution in [0, 0.1) is 12.8 Å². The van der Waals surface area contributed by atoms with Crippen molar-refractivity contribution in [3.63, 3.8) is 0 Å². The molecule has 0 aliphatic rings. The second kappa shape index (κ2) is 4.45. The lowest BCUT2D eigenvalue weighted by atomic mass is 9.93. The third-order valence-electron chi connectivity index (χ3n) is 2.32. The molecular formula is C10H16ClNS. The van der Waals surface area contributed by atoms with Crippen LogP contribution in [0.4, 0.5) is 0 Å². The molecule has 1 nitrogen and oxygen atoms in total. The zero-order valence-corrected chi connectivity index (χ0v) is 9.88. The second-order valence-electron chi connectivity index (χ2n) is 3.68. The SMILES string of the molecule is Cc1cc(Cl)sc1C(CN)C(C)C. The largest absolute Gasteiger partial charge is 0.330 e. The highest BCUT2D eigenvalue weighted by atomic mass is 35.5. The van der Waals surface area contributed by atoms with Gasteiger partial charge in [0, 0.05) is 17.3 Å². The van der Waals surface area contributed by atoms with Gasteiger partial charge in [-0.1, -0.05) is 25.4 Å². The minimum atomic E-state index is 0.456. The topological polar surface area (TPSA) is 26.0 Å². The van der Waals surface area contributed by atoms with Crippen LogP contribution in [0.2, 0.25) is 4.34 Å². The first kappa shape index (κ1) is 11.0. The Labute approximate surface area is 88.9 Å². The van der Waals surface area contributed by atoms with Crippen LogP contribution in [0.5, 0.6) is 0 Å². The Morgan fingerprint density at radius 3 is 2.46 bits per heavy atom. The summed E-state index contributed by atoms with van der Waals surface area (Å²) < 4.78 is 0.867. The summed E-state index contributed by atoms with van der Waals surface area (Å²) in [7, 11) is 0. The van der Waals surface area contributed by atoms with E-state index in [0.717, 1.165) is 4.34 Å². The van der Waals surface area contributed by atoms with E-state index in [1.54, 1.807) is 11.3 Å². The third kappa shape index (κ3) is 2.46. The number of nitrogens with two attached hydrogens (primary N) is 1. The van der Waals surface area contributed by atoms with E-state index in [1.165, 1.54) is 10.4 Å². The van der Waals surface area contributed by atoms with Crippen molar-refractivity contribution in [2.45, 2.75) is 26.7 Å². The molecule has 13 heavy (non-hydrogen) atoms. The van der Waals surface area contributed by atoms with E-state index >= 15 is 0 Å². The van der Waals surface area contributed by atoms with Gasteiger partial charge >= 0.3 is 0 Å². The summed E-state index contributed by atoms with van der Waals surface area (Å²) in [5.41, 5.74) is 7.02. The summed E-state index contributed by atoms with van der Waals surface area (Å²) in [5.74, 6) is 1.04. The molecule has 0 spiro atoms. The highest BCUT2D eigenvalue weighted by Crippen LogP contribution is 2.35. The predicted molar refractivity (Wildman–Crippen MR) is 60.7 cm³/mol. The summed E-state index contributed by atoms with van der Waals surface area (Å²) >= 11 is 7.61. The number of thiophene rings is 1. The fourth-order valence-electron chi connectivity index (χ4n) is 1.51. The van der Waals surface area contributed by atoms with Crippen molar-refractivity contribution in [2.75, 3.05) is 6.54 Å². The van der Waals surface area contributed by atoms with E-state index in [9.17, 15) is 0 Å². The highest BCUT2D eigenvalue weighted by molar-refractivity contribution is 7.16. The lowest BCUT2D eigenvalue weighted by Crippen LogP contribution is -2.17. The van der Waals surface area contributed by atoms with Crippen molar-refractivity contribution in [2.24, 2.45) is 11.7 Å². The fraction of sp³-hybridized carbons (Fsp3) is 0.600. The molecule has 0 aliphatic heterocycles. The lowest BCUT2D eigenvalue weighted by molar-refractivity contribution is 0.511. The molecule has 0 aromatic carbocycles. The lowest BCUT2D eigenvalue weighted by Gasteiger charge is -2.18. The van der Waals surface area contributed by atoms with Gasteiger partial charge in [0.05, 0.1) is 4.34 Å². The molecule has 2 N–H and O–H groups in total. The van der Waals surface area contributed by atoms with Gasteiger partial charge in [0.25, 0.3) is 0 Å². The average Bonchev–Trinajstić information content (AvgIpc) is 2.31. The first-order valence-corrected chi connectivity index (χ1v) is 5.71. The van der Waals surface area contributed by atoms with Crippen LogP contribution in [-0.2, 0) is 0 Å². The Morgan fingerprint density at radius 2 is 2.15 bits per heavy atom. The van der Waals surface area contributed by atoms with E-state index in [2.05, 4.69) is 20.8 Å². The van der Waals surface area contributed by atoms with Crippen molar-refractivity contribution in [1.29, 1.82) is 0 Å². The Balaban J connectivity index is 2.97. The monoisotopic (exact) mass is 217 g/mol. The van der Waals surface area contributed by atoms with Gasteiger partial charge in [0.1, 0.15) is 0 Å². The van der Waals surface area contributed by atoms with Gasteiger partial charge in [-0.05, 0) is 24.5 Å². The first-order chi connectivity index (χ1) is 6.06. The fourth-order valence-corrected chi connectivity index (χ4v) is 3.10. The molecule has 1 rings (SSSR count). The number of hydrogen-bond acceptors (Lipinski definition) is 2. The van der Waals surface area contributed by atoms with Crippen LogP contribution in [0.25, 0.3) is 0 Å². The molecule has 3 heteroatoms. The van der Waals surface area contributed by atoms with E-state index in [4.69, 9.17) is 17.3 Å². The number of aryl methyl sites for hydroxylation is 1. The number of halogens is 1. The van der Waals surface area contributed by atoms with Crippen LogP contribution in [0.3, 0.4) is 0 Å². The van der Waals surface area contributed by atoms with Crippen LogP contribution < -0.4 is 5.73 Å². The van der Waals surface area contributed by atoms with Gasteiger partial charge in [-0.15, -0.1) is 11.3 Å². The van der Waals surface area contributed by atoms with Crippen molar-refractivity contribution in [1.82, 2.24) is 0 Å². The molecule has 0 bridgehead atoms. The van der Waals surface area contributed by atoms with E-state index in [1.807, 2.05) is 6.07 Å². The number of rotatable bonds is 3. The van der Waals surface area contributed by atoms with E-state index < -0.39 is 0 Å². The Morgan fingerprint density at radius 1 is 1.54 bits per heavy atom. The normalized spacial score (nSPS) is 13.7. The van der Waals surface area contributed by atoms with Crippen LogP contribution in [0.1, 0.15) is 30.2 Å². The summed E-state index contributed by atoms with van der Waals surface area (Å²) in [6.45, 7) is 7.20. The van der Waals surface area contributed by atoms with Crippen LogP contribution in [-0.4, -0.2) is 6.54 Å². The van der Waals surface area contributed by atoms with Gasteiger partial charge in [-0.3, -0.25) is 0 Å². The molecule has 0 radical (unpaired) electrons. The van der Waals surface area contributed by atoms with Gasteiger partial charge in [-0.2, -0.15) is 0 Å². The van der Waals surface area contributed by atoms with E-state index in [0.29, 0.717) is 18.4 Å². The average molecular weight is 218 g/mol. The van der Waals surface area contributed by atoms with Crippen molar-refractivity contribution >= 4 is 22.9 Å². The summed E-state index contributed by atoms with van der Waals surface area (Å²) in [4.78, 5) is 1.35. The summed E-state index contributed by atoms with van der Waals surface area (Å²) in [5, 5.41) is 0. The molecule has 1 heterocycles. The van der Waals surface area contributed by atoms with Gasteiger partial charge < -0.3 is 5.73 Å². The van der Waals surface area contributed by atoms with Crippen molar-refractivity contribution in [3.05, 3.63) is 20.8 Å². The molecule has 1 aromatic rings. The maximum Gasteiger partial charge on any atom is 0.0934 e. The smallest absolute Gasteiger partial charge is 0.0934 e. The maximum atomic E-state index is 5.95. The highest BCUT2D eigenvalue weighted by Gasteiger charge is 2.18. The van der Waals surface area contributed by atoms with Gasteiger partial charge in [-0.25, -0.2) is 0 Å². The summed E-state index contributed by atoms with van der Waals surface area (Å²) in [6, 6.07) is 2.02. The molecule has 0 fully saturated rings. The quantitative estimate of drug-likeness (QED) is 0.825. The molecule has 0 aliphatic carbocycles. The zero-order valence-electron chi connectivity index (χ0n) is 8.30. The summed E-state index contributed by atoms with van der Waals surface area (Å²) in [6.07, 6.45) is 0. The van der Waals surface area contributed by atoms with Crippen molar-refractivity contribution in [3.8, 4) is 0 Å². The van der Waals surface area contributed by atoms with Gasteiger partial charge in [0.2, 0.25) is 0 Å². The minimum absolute atomic E-state index is 0.456. The molecule has 1 aromatic heterocycles. The second-order valence-corrected chi connectivity index (χ2v) is 5.40.